The van der Waals surface area contributed by atoms with E-state index in [0.717, 1.165) is 57.7 Å². The van der Waals surface area contributed by atoms with E-state index in [0.29, 0.717) is 6.61 Å². The Hall–Kier alpha value is -1.85. The number of benzene rings is 1. The van der Waals surface area contributed by atoms with E-state index in [2.05, 4.69) is 40.1 Å². The summed E-state index contributed by atoms with van der Waals surface area (Å²) in [7, 11) is 0. The number of piperidine rings is 1. The molecule has 1 aromatic carbocycles. The number of hydrogen-bond donors (Lipinski definition) is 0. The van der Waals surface area contributed by atoms with E-state index >= 15 is 0 Å². The van der Waals surface area contributed by atoms with Crippen LogP contribution in [0.15, 0.2) is 42.1 Å². The highest BCUT2D eigenvalue weighted by molar-refractivity contribution is 5.81. The lowest BCUT2D eigenvalue weighted by Crippen LogP contribution is -2.59. The number of hydrogen-bond acceptors (Lipinski definition) is 5. The molecule has 2 atom stereocenters. The summed E-state index contributed by atoms with van der Waals surface area (Å²) in [6, 6.07) is 10.5. The molecule has 140 valence electrons. The highest BCUT2D eigenvalue weighted by Gasteiger charge is 2.53. The van der Waals surface area contributed by atoms with Crippen molar-refractivity contribution in [2.75, 3.05) is 32.8 Å². The van der Waals surface area contributed by atoms with E-state index in [-0.39, 0.29) is 12.2 Å². The first-order valence-corrected chi connectivity index (χ1v) is 9.75. The van der Waals surface area contributed by atoms with Gasteiger partial charge < -0.3 is 14.4 Å². The van der Waals surface area contributed by atoms with Gasteiger partial charge in [0, 0.05) is 31.9 Å². The minimum atomic E-state index is -0.555. The first-order chi connectivity index (χ1) is 12.7. The fourth-order valence-electron chi connectivity index (χ4n) is 4.61. The van der Waals surface area contributed by atoms with Crippen molar-refractivity contribution in [1.82, 2.24) is 9.80 Å². The van der Waals surface area contributed by atoms with Crippen molar-refractivity contribution in [3.8, 4) is 0 Å². The van der Waals surface area contributed by atoms with Crippen LogP contribution in [0.3, 0.4) is 0 Å². The van der Waals surface area contributed by atoms with Gasteiger partial charge in [-0.05, 0) is 37.8 Å². The molecule has 5 nitrogen and oxygen atoms in total. The van der Waals surface area contributed by atoms with Gasteiger partial charge in [0.05, 0.1) is 13.2 Å². The van der Waals surface area contributed by atoms with E-state index in [9.17, 15) is 4.79 Å². The quantitative estimate of drug-likeness (QED) is 0.776. The lowest BCUT2D eigenvalue weighted by Gasteiger charge is -2.53. The van der Waals surface area contributed by atoms with Gasteiger partial charge >= 0.3 is 5.97 Å². The summed E-state index contributed by atoms with van der Waals surface area (Å²) in [5.74, 6) is -0.0759. The highest BCUT2D eigenvalue weighted by Crippen LogP contribution is 2.46. The fraction of sp³-hybridized carbons (Fsp3) is 0.571. The van der Waals surface area contributed by atoms with Gasteiger partial charge in [0.25, 0.3) is 0 Å². The molecule has 0 spiro atoms. The summed E-state index contributed by atoms with van der Waals surface area (Å²) >= 11 is 0. The van der Waals surface area contributed by atoms with Crippen molar-refractivity contribution >= 4 is 5.97 Å². The van der Waals surface area contributed by atoms with Gasteiger partial charge in [-0.3, -0.25) is 9.69 Å². The lowest BCUT2D eigenvalue weighted by molar-refractivity contribution is -0.168. The van der Waals surface area contributed by atoms with Crippen LogP contribution < -0.4 is 0 Å². The molecule has 1 aromatic rings. The number of fused-ring (bicyclic) bond motifs is 3. The topological polar surface area (TPSA) is 42.0 Å². The summed E-state index contributed by atoms with van der Waals surface area (Å²) in [5, 5.41) is 0. The summed E-state index contributed by atoms with van der Waals surface area (Å²) in [5.41, 5.74) is 1.86. The first kappa shape index (κ1) is 17.6. The minimum Gasteiger partial charge on any atom is -0.465 e. The van der Waals surface area contributed by atoms with Crippen molar-refractivity contribution in [2.45, 2.75) is 39.0 Å². The minimum absolute atomic E-state index is 0.0759. The molecule has 0 amide bonds. The molecule has 2 saturated heterocycles. The Bertz CT molecular complexity index is 675. The third-order valence-corrected chi connectivity index (χ3v) is 5.77. The van der Waals surface area contributed by atoms with Crippen LogP contribution >= 0.6 is 0 Å². The molecule has 3 aliphatic heterocycles. The Morgan fingerprint density at radius 1 is 1.35 bits per heavy atom. The van der Waals surface area contributed by atoms with Crippen LogP contribution in [0.4, 0.5) is 0 Å². The molecule has 0 aromatic heterocycles. The number of carbonyl (C=O) groups excluding carboxylic acids is 1. The van der Waals surface area contributed by atoms with E-state index in [4.69, 9.17) is 9.47 Å². The second kappa shape index (κ2) is 7.41. The van der Waals surface area contributed by atoms with E-state index in [1.54, 1.807) is 0 Å². The molecule has 3 aliphatic rings. The zero-order valence-electron chi connectivity index (χ0n) is 15.5. The van der Waals surface area contributed by atoms with Gasteiger partial charge in [-0.2, -0.15) is 0 Å². The Morgan fingerprint density at radius 2 is 2.19 bits per heavy atom. The Kier molecular flexibility index (Phi) is 5.00. The van der Waals surface area contributed by atoms with Gasteiger partial charge in [0.2, 0.25) is 0 Å². The number of carbonyl (C=O) groups is 1. The van der Waals surface area contributed by atoms with Crippen LogP contribution in [-0.4, -0.2) is 54.8 Å². The Morgan fingerprint density at radius 3 is 3.00 bits per heavy atom. The van der Waals surface area contributed by atoms with Gasteiger partial charge in [0.15, 0.2) is 0 Å². The maximum absolute atomic E-state index is 13.1. The number of esters is 1. The zero-order chi connectivity index (χ0) is 18.0. The lowest BCUT2D eigenvalue weighted by atomic mass is 9.73. The molecule has 5 heteroatoms. The highest BCUT2D eigenvalue weighted by atomic mass is 16.5. The largest absolute Gasteiger partial charge is 0.465 e. The van der Waals surface area contributed by atoms with Gasteiger partial charge in [-0.15, -0.1) is 0 Å². The van der Waals surface area contributed by atoms with Crippen LogP contribution in [0.2, 0.25) is 0 Å². The van der Waals surface area contributed by atoms with Crippen molar-refractivity contribution in [2.24, 2.45) is 5.41 Å². The van der Waals surface area contributed by atoms with Crippen LogP contribution in [0.25, 0.3) is 0 Å². The van der Waals surface area contributed by atoms with Gasteiger partial charge in [0.1, 0.15) is 11.6 Å². The molecule has 2 unspecified atom stereocenters. The van der Waals surface area contributed by atoms with Crippen molar-refractivity contribution in [3.63, 3.8) is 0 Å². The van der Waals surface area contributed by atoms with Crippen LogP contribution in [0.5, 0.6) is 0 Å². The van der Waals surface area contributed by atoms with E-state index in [1.165, 1.54) is 5.56 Å². The summed E-state index contributed by atoms with van der Waals surface area (Å²) in [6.45, 7) is 6.53. The molecule has 26 heavy (non-hydrogen) atoms. The molecule has 0 saturated carbocycles. The molecule has 0 radical (unpaired) electrons. The zero-order valence-corrected chi connectivity index (χ0v) is 15.5. The average Bonchev–Trinajstić information content (AvgIpc) is 2.68. The summed E-state index contributed by atoms with van der Waals surface area (Å²) in [6.07, 6.45) is 5.06. The van der Waals surface area contributed by atoms with E-state index < -0.39 is 5.41 Å². The first-order valence-electron chi connectivity index (χ1n) is 9.75. The molecular formula is C21H28N2O3. The number of nitrogens with zero attached hydrogens (tertiary/aromatic N) is 2. The molecule has 0 aliphatic carbocycles. The second-order valence-electron chi connectivity index (χ2n) is 7.46. The number of rotatable bonds is 4. The van der Waals surface area contributed by atoms with Gasteiger partial charge in [-0.1, -0.05) is 30.3 Å². The standard InChI is InChI=1S/C21H28N2O3/c1-2-25-20(24)21-11-9-19-23(12-6-14-26-19)18(21)10-13-22(16-21)15-17-7-4-3-5-8-17/h3-5,7-8,10,19H,2,6,9,11-16H2,1H3. The van der Waals surface area contributed by atoms with Crippen molar-refractivity contribution in [1.29, 1.82) is 0 Å². The second-order valence-corrected chi connectivity index (χ2v) is 7.46. The summed E-state index contributed by atoms with van der Waals surface area (Å²) < 4.78 is 11.5. The normalized spacial score (nSPS) is 28.7. The Labute approximate surface area is 155 Å². The third kappa shape index (κ3) is 3.14. The number of ether oxygens (including phenoxy) is 2. The average molecular weight is 356 g/mol. The maximum atomic E-state index is 13.1. The van der Waals surface area contributed by atoms with E-state index in [1.807, 2.05) is 13.0 Å². The molecule has 2 fully saturated rings. The molecule has 3 heterocycles. The molecular weight excluding hydrogens is 328 g/mol. The van der Waals surface area contributed by atoms with Crippen LogP contribution in [0.1, 0.15) is 31.7 Å². The monoisotopic (exact) mass is 356 g/mol. The summed E-state index contributed by atoms with van der Waals surface area (Å²) in [4.78, 5) is 17.8. The van der Waals surface area contributed by atoms with Gasteiger partial charge in [-0.25, -0.2) is 0 Å². The fourth-order valence-corrected chi connectivity index (χ4v) is 4.61. The van der Waals surface area contributed by atoms with Crippen molar-refractivity contribution in [3.05, 3.63) is 47.7 Å². The Balaban J connectivity index is 1.62. The smallest absolute Gasteiger partial charge is 0.319 e. The van der Waals surface area contributed by atoms with Crippen molar-refractivity contribution < 1.29 is 14.3 Å². The maximum Gasteiger partial charge on any atom is 0.319 e. The van der Waals surface area contributed by atoms with Crippen LogP contribution in [-0.2, 0) is 20.8 Å². The molecule has 0 N–H and O–H groups in total. The SMILES string of the molecule is CCOC(=O)C12CCC3OCCCN3C1=CCN(Cc1ccccc1)C2. The molecule has 0 bridgehead atoms. The molecule has 4 rings (SSSR count). The third-order valence-electron chi connectivity index (χ3n) is 5.77. The predicted molar refractivity (Wildman–Crippen MR) is 99.2 cm³/mol. The van der Waals surface area contributed by atoms with Crippen LogP contribution in [0, 0.1) is 5.41 Å². The predicted octanol–water partition coefficient (Wildman–Crippen LogP) is 2.78.